The summed E-state index contributed by atoms with van der Waals surface area (Å²) in [6.45, 7) is 7.54. The second-order valence-electron chi connectivity index (χ2n) is 7.12. The molecule has 0 saturated heterocycles. The number of hydrogen-bond acceptors (Lipinski definition) is 4. The maximum atomic E-state index is 13.7. The molecule has 0 saturated carbocycles. The molecule has 0 atom stereocenters. The molecule has 1 heterocycles. The molecule has 0 bridgehead atoms. The average molecular weight is 438 g/mol. The number of nitrogens with zero attached hydrogens (tertiary/aromatic N) is 3. The summed E-state index contributed by atoms with van der Waals surface area (Å²) in [6, 6.07) is 19.5. The van der Waals surface area contributed by atoms with E-state index in [-0.39, 0.29) is 5.91 Å². The standard InChI is InChI=1S/C24H24ClN3OS/c1-3-27(4-2)14-15-28(24-26-21-13-12-18(25)16-22(21)30-24)23(29)20-11-7-9-17-8-5-6-10-19(17)20/h5-13,16H,3-4,14-15H2,1-2H3. The maximum absolute atomic E-state index is 13.7. The predicted molar refractivity (Wildman–Crippen MR) is 128 cm³/mol. The largest absolute Gasteiger partial charge is 0.302 e. The SMILES string of the molecule is CCN(CC)CCN(C(=O)c1cccc2ccccc12)c1nc2ccc(Cl)cc2s1. The topological polar surface area (TPSA) is 36.4 Å². The van der Waals surface area contributed by atoms with E-state index in [1.54, 1.807) is 0 Å². The van der Waals surface area contributed by atoms with Crippen LogP contribution >= 0.6 is 22.9 Å². The van der Waals surface area contributed by atoms with Gasteiger partial charge in [-0.25, -0.2) is 4.98 Å². The fourth-order valence-electron chi connectivity index (χ4n) is 3.62. The van der Waals surface area contributed by atoms with Crippen molar-refractivity contribution in [2.45, 2.75) is 13.8 Å². The number of halogens is 1. The number of amides is 1. The molecule has 0 aliphatic heterocycles. The van der Waals surface area contributed by atoms with E-state index in [1.165, 1.54) is 11.3 Å². The number of benzene rings is 3. The van der Waals surface area contributed by atoms with Crippen molar-refractivity contribution in [3.8, 4) is 0 Å². The van der Waals surface area contributed by atoms with Crippen molar-refractivity contribution in [3.05, 3.63) is 71.2 Å². The van der Waals surface area contributed by atoms with E-state index in [4.69, 9.17) is 16.6 Å². The van der Waals surface area contributed by atoms with Gasteiger partial charge >= 0.3 is 0 Å². The molecule has 1 amide bonds. The summed E-state index contributed by atoms with van der Waals surface area (Å²) in [5, 5.41) is 3.40. The van der Waals surface area contributed by atoms with Gasteiger partial charge in [0.1, 0.15) is 0 Å². The van der Waals surface area contributed by atoms with Gasteiger partial charge in [-0.05, 0) is 48.1 Å². The number of aromatic nitrogens is 1. The number of carbonyl (C=O) groups is 1. The van der Waals surface area contributed by atoms with Gasteiger partial charge in [0.05, 0.1) is 10.2 Å². The number of thiazole rings is 1. The summed E-state index contributed by atoms with van der Waals surface area (Å²) >= 11 is 7.67. The lowest BCUT2D eigenvalue weighted by Gasteiger charge is -2.25. The minimum Gasteiger partial charge on any atom is -0.302 e. The van der Waals surface area contributed by atoms with Crippen LogP contribution in [0.4, 0.5) is 5.13 Å². The molecule has 0 spiro atoms. The van der Waals surface area contributed by atoms with Gasteiger partial charge in [0.25, 0.3) is 5.91 Å². The third-order valence-corrected chi connectivity index (χ3v) is 6.65. The Hall–Kier alpha value is -2.47. The third kappa shape index (κ3) is 4.19. The van der Waals surface area contributed by atoms with Crippen molar-refractivity contribution in [1.29, 1.82) is 0 Å². The highest BCUT2D eigenvalue weighted by Crippen LogP contribution is 2.32. The molecule has 0 N–H and O–H groups in total. The lowest BCUT2D eigenvalue weighted by molar-refractivity contribution is 0.0985. The first-order valence-electron chi connectivity index (χ1n) is 10.2. The van der Waals surface area contributed by atoms with Crippen LogP contribution in [0.5, 0.6) is 0 Å². The van der Waals surface area contributed by atoms with Gasteiger partial charge < -0.3 is 4.90 Å². The number of fused-ring (bicyclic) bond motifs is 2. The Labute approximate surface area is 185 Å². The van der Waals surface area contributed by atoms with Gasteiger partial charge in [0, 0.05) is 23.7 Å². The lowest BCUT2D eigenvalue weighted by atomic mass is 10.0. The first kappa shape index (κ1) is 20.8. The predicted octanol–water partition coefficient (Wildman–Crippen LogP) is 6.09. The van der Waals surface area contributed by atoms with Crippen LogP contribution in [0.3, 0.4) is 0 Å². The summed E-state index contributed by atoms with van der Waals surface area (Å²) in [5.74, 6) is -0.0240. The van der Waals surface area contributed by atoms with E-state index in [0.29, 0.717) is 22.3 Å². The monoisotopic (exact) mass is 437 g/mol. The molecular formula is C24H24ClN3OS. The van der Waals surface area contributed by atoms with E-state index in [0.717, 1.165) is 40.6 Å². The summed E-state index contributed by atoms with van der Waals surface area (Å²) in [6.07, 6.45) is 0. The molecule has 30 heavy (non-hydrogen) atoms. The van der Waals surface area contributed by atoms with Crippen molar-refractivity contribution < 1.29 is 4.79 Å². The quantitative estimate of drug-likeness (QED) is 0.351. The van der Waals surface area contributed by atoms with Gasteiger partial charge in [-0.2, -0.15) is 0 Å². The number of hydrogen-bond donors (Lipinski definition) is 0. The highest BCUT2D eigenvalue weighted by molar-refractivity contribution is 7.22. The fourth-order valence-corrected chi connectivity index (χ4v) is 4.89. The summed E-state index contributed by atoms with van der Waals surface area (Å²) in [5.41, 5.74) is 1.56. The lowest BCUT2D eigenvalue weighted by Crippen LogP contribution is -2.39. The molecule has 4 aromatic rings. The Morgan fingerprint density at radius 1 is 1.00 bits per heavy atom. The van der Waals surface area contributed by atoms with Gasteiger partial charge in [0.15, 0.2) is 5.13 Å². The van der Waals surface area contributed by atoms with Gasteiger partial charge in [0.2, 0.25) is 0 Å². The normalized spacial score (nSPS) is 11.5. The zero-order valence-corrected chi connectivity index (χ0v) is 18.7. The molecule has 1 aromatic heterocycles. The van der Waals surface area contributed by atoms with E-state index in [9.17, 15) is 4.79 Å². The van der Waals surface area contributed by atoms with Gasteiger partial charge in [-0.1, -0.05) is 73.2 Å². The second-order valence-corrected chi connectivity index (χ2v) is 8.56. The Bertz CT molecular complexity index is 1180. The van der Waals surface area contributed by atoms with Crippen molar-refractivity contribution in [3.63, 3.8) is 0 Å². The Morgan fingerprint density at radius 2 is 1.77 bits per heavy atom. The molecule has 0 unspecified atom stereocenters. The fraction of sp³-hybridized carbons (Fsp3) is 0.250. The van der Waals surface area contributed by atoms with Crippen LogP contribution in [0.15, 0.2) is 60.7 Å². The van der Waals surface area contributed by atoms with E-state index in [2.05, 4.69) is 18.7 Å². The average Bonchev–Trinajstić information content (AvgIpc) is 3.18. The molecule has 0 radical (unpaired) electrons. The Kier molecular flexibility index (Phi) is 6.32. The minimum absolute atomic E-state index is 0.0240. The second kappa shape index (κ2) is 9.13. The molecule has 0 aliphatic rings. The van der Waals surface area contributed by atoms with E-state index >= 15 is 0 Å². The molecule has 4 nitrogen and oxygen atoms in total. The maximum Gasteiger partial charge on any atom is 0.260 e. The number of anilines is 1. The van der Waals surface area contributed by atoms with Gasteiger partial charge in [-0.15, -0.1) is 0 Å². The van der Waals surface area contributed by atoms with Crippen LogP contribution in [0.25, 0.3) is 21.0 Å². The molecule has 6 heteroatoms. The van der Waals surface area contributed by atoms with E-state index in [1.807, 2.05) is 65.6 Å². The molecule has 0 aliphatic carbocycles. The Morgan fingerprint density at radius 3 is 2.57 bits per heavy atom. The highest BCUT2D eigenvalue weighted by atomic mass is 35.5. The smallest absolute Gasteiger partial charge is 0.260 e. The first-order chi connectivity index (χ1) is 14.6. The van der Waals surface area contributed by atoms with Gasteiger partial charge in [-0.3, -0.25) is 9.69 Å². The molecule has 3 aromatic carbocycles. The minimum atomic E-state index is -0.0240. The highest BCUT2D eigenvalue weighted by Gasteiger charge is 2.23. The summed E-state index contributed by atoms with van der Waals surface area (Å²) < 4.78 is 0.982. The van der Waals surface area contributed by atoms with Crippen LogP contribution < -0.4 is 4.90 Å². The van der Waals surface area contributed by atoms with Crippen molar-refractivity contribution >= 4 is 55.0 Å². The van der Waals surface area contributed by atoms with Crippen LogP contribution in [-0.4, -0.2) is 42.0 Å². The number of rotatable bonds is 7. The molecular weight excluding hydrogens is 414 g/mol. The molecule has 4 rings (SSSR count). The van der Waals surface area contributed by atoms with Crippen LogP contribution in [-0.2, 0) is 0 Å². The van der Waals surface area contributed by atoms with E-state index < -0.39 is 0 Å². The first-order valence-corrected chi connectivity index (χ1v) is 11.4. The summed E-state index contributed by atoms with van der Waals surface area (Å²) in [7, 11) is 0. The molecule has 0 fully saturated rings. The zero-order valence-electron chi connectivity index (χ0n) is 17.1. The molecule has 154 valence electrons. The van der Waals surface area contributed by atoms with Crippen LogP contribution in [0.2, 0.25) is 5.02 Å². The van der Waals surface area contributed by atoms with Crippen LogP contribution in [0, 0.1) is 0 Å². The summed E-state index contributed by atoms with van der Waals surface area (Å²) in [4.78, 5) is 22.6. The van der Waals surface area contributed by atoms with Crippen LogP contribution in [0.1, 0.15) is 24.2 Å². The van der Waals surface area contributed by atoms with Crippen molar-refractivity contribution in [2.75, 3.05) is 31.1 Å². The van der Waals surface area contributed by atoms with Crippen molar-refractivity contribution in [1.82, 2.24) is 9.88 Å². The third-order valence-electron chi connectivity index (χ3n) is 5.37. The number of carbonyl (C=O) groups excluding carboxylic acids is 1. The Balaban J connectivity index is 1.76. The van der Waals surface area contributed by atoms with Crippen molar-refractivity contribution in [2.24, 2.45) is 0 Å². The zero-order chi connectivity index (χ0) is 21.1. The number of likely N-dealkylation sites (N-methyl/N-ethyl adjacent to an activating group) is 1.